The van der Waals surface area contributed by atoms with E-state index in [0.717, 1.165) is 38.5 Å². The van der Waals surface area contributed by atoms with Gasteiger partial charge in [-0.1, -0.05) is 154 Å². The Morgan fingerprint density at radius 2 is 1.23 bits per heavy atom. The molecule has 0 aliphatic rings. The number of fused-ring (bicyclic) bond motifs is 1. The number of rotatable bonds is 29. The molecule has 1 N–H and O–H groups in total. The van der Waals surface area contributed by atoms with Gasteiger partial charge in [-0.15, -0.1) is 0 Å². The van der Waals surface area contributed by atoms with Gasteiger partial charge in [0.15, 0.2) is 0 Å². The first-order valence-electron chi connectivity index (χ1n) is 20.6. The first-order chi connectivity index (χ1) is 25.5. The fourth-order valence-corrected chi connectivity index (χ4v) is 6.80. The van der Waals surface area contributed by atoms with Crippen LogP contribution in [-0.2, 0) is 22.5 Å². The molecule has 1 aromatic heterocycles. The van der Waals surface area contributed by atoms with Crippen molar-refractivity contribution in [1.82, 2.24) is 9.55 Å². The molecule has 1 heterocycles. The molecular weight excluding hydrogens is 650 g/mol. The summed E-state index contributed by atoms with van der Waals surface area (Å²) >= 11 is 0. The third-order valence-corrected chi connectivity index (χ3v) is 9.93. The number of anilines is 1. The van der Waals surface area contributed by atoms with Crippen LogP contribution in [0.5, 0.6) is 5.75 Å². The summed E-state index contributed by atoms with van der Waals surface area (Å²) in [5.41, 5.74) is 1.17. The standard InChI is InChI=1S/C44H67N3O5/c1-4-6-8-10-12-14-16-17-19-21-23-27-33-52-44(50)36-30-31-40(51-3)39(34-36)46-42(48)35-41-45-38-29-25-24-28-37(38)43(49)47(41)32-26-22-20-18-15-13-11-9-7-5-2/h24-25,28-31,34H,4-23,26-27,32-33,35H2,1-3H3,(H,46,48). The largest absolute Gasteiger partial charge is 0.495 e. The number of carbonyl (C=O) groups is 2. The van der Waals surface area contributed by atoms with E-state index in [9.17, 15) is 14.4 Å². The molecule has 0 spiro atoms. The molecule has 3 aromatic rings. The maximum Gasteiger partial charge on any atom is 0.338 e. The van der Waals surface area contributed by atoms with E-state index in [1.54, 1.807) is 34.9 Å². The minimum absolute atomic E-state index is 0.0887. The number of hydrogen-bond acceptors (Lipinski definition) is 6. The van der Waals surface area contributed by atoms with E-state index < -0.39 is 5.97 Å². The maximum atomic E-state index is 13.6. The lowest BCUT2D eigenvalue weighted by molar-refractivity contribution is -0.115. The number of para-hydroxylation sites is 1. The molecular formula is C44H67N3O5. The average molecular weight is 718 g/mol. The van der Waals surface area contributed by atoms with Gasteiger partial charge in [-0.2, -0.15) is 0 Å². The Morgan fingerprint density at radius 3 is 1.81 bits per heavy atom. The third-order valence-electron chi connectivity index (χ3n) is 9.93. The van der Waals surface area contributed by atoms with Crippen LogP contribution in [0.2, 0.25) is 0 Å². The second-order valence-electron chi connectivity index (χ2n) is 14.3. The smallest absolute Gasteiger partial charge is 0.338 e. The van der Waals surface area contributed by atoms with E-state index in [0.29, 0.717) is 46.9 Å². The number of hydrogen-bond donors (Lipinski definition) is 1. The molecule has 0 saturated carbocycles. The van der Waals surface area contributed by atoms with Crippen LogP contribution in [0.15, 0.2) is 47.3 Å². The molecule has 2 aromatic carbocycles. The van der Waals surface area contributed by atoms with Crippen molar-refractivity contribution in [3.8, 4) is 5.75 Å². The zero-order chi connectivity index (χ0) is 37.2. The molecule has 8 nitrogen and oxygen atoms in total. The van der Waals surface area contributed by atoms with Crippen molar-refractivity contribution in [2.75, 3.05) is 19.0 Å². The fourth-order valence-electron chi connectivity index (χ4n) is 6.80. The Bertz CT molecular complexity index is 1520. The van der Waals surface area contributed by atoms with Crippen LogP contribution >= 0.6 is 0 Å². The number of amides is 1. The van der Waals surface area contributed by atoms with Gasteiger partial charge in [0.2, 0.25) is 5.91 Å². The number of benzene rings is 2. The van der Waals surface area contributed by atoms with Crippen molar-refractivity contribution in [3.05, 3.63) is 64.2 Å². The third kappa shape index (κ3) is 15.9. The first-order valence-corrected chi connectivity index (χ1v) is 20.6. The number of carbonyl (C=O) groups excluding carboxylic acids is 2. The molecule has 3 rings (SSSR count). The van der Waals surface area contributed by atoms with Crippen LogP contribution in [-0.4, -0.2) is 35.1 Å². The zero-order valence-electron chi connectivity index (χ0n) is 32.7. The number of nitrogens with zero attached hydrogens (tertiary/aromatic N) is 2. The molecule has 0 fully saturated rings. The molecule has 52 heavy (non-hydrogen) atoms. The highest BCUT2D eigenvalue weighted by atomic mass is 16.5. The van der Waals surface area contributed by atoms with E-state index in [-0.39, 0.29) is 17.9 Å². The first kappa shape index (κ1) is 42.7. The van der Waals surface area contributed by atoms with Crippen LogP contribution in [0.4, 0.5) is 5.69 Å². The molecule has 0 aliphatic carbocycles. The summed E-state index contributed by atoms with van der Waals surface area (Å²) in [4.78, 5) is 44.6. The molecule has 0 aliphatic heterocycles. The monoisotopic (exact) mass is 718 g/mol. The van der Waals surface area contributed by atoms with E-state index in [4.69, 9.17) is 14.5 Å². The van der Waals surface area contributed by atoms with Gasteiger partial charge in [-0.3, -0.25) is 14.2 Å². The predicted molar refractivity (Wildman–Crippen MR) is 215 cm³/mol. The second-order valence-corrected chi connectivity index (χ2v) is 14.3. The van der Waals surface area contributed by atoms with Gasteiger partial charge in [0.05, 0.1) is 42.3 Å². The highest BCUT2D eigenvalue weighted by Crippen LogP contribution is 2.26. The summed E-state index contributed by atoms with van der Waals surface area (Å²) < 4.78 is 12.7. The number of esters is 1. The molecule has 0 bridgehead atoms. The van der Waals surface area contributed by atoms with Gasteiger partial charge in [0, 0.05) is 6.54 Å². The average Bonchev–Trinajstić information content (AvgIpc) is 3.15. The van der Waals surface area contributed by atoms with E-state index in [1.165, 1.54) is 110 Å². The number of methoxy groups -OCH3 is 1. The van der Waals surface area contributed by atoms with Crippen LogP contribution in [0, 0.1) is 0 Å². The van der Waals surface area contributed by atoms with Gasteiger partial charge in [-0.25, -0.2) is 9.78 Å². The summed E-state index contributed by atoms with van der Waals surface area (Å²) in [6.07, 6.45) is 26.9. The topological polar surface area (TPSA) is 99.5 Å². The van der Waals surface area contributed by atoms with E-state index in [1.807, 2.05) is 12.1 Å². The quantitative estimate of drug-likeness (QED) is 0.0567. The fraction of sp³-hybridized carbons (Fsp3) is 0.636. The molecule has 8 heteroatoms. The Balaban J connectivity index is 1.50. The Labute approximate surface area is 313 Å². The van der Waals surface area contributed by atoms with Gasteiger partial charge in [0.25, 0.3) is 5.56 Å². The molecule has 0 unspecified atom stereocenters. The van der Waals surface area contributed by atoms with Crippen molar-refractivity contribution >= 4 is 28.5 Å². The number of unbranched alkanes of at least 4 members (excludes halogenated alkanes) is 20. The lowest BCUT2D eigenvalue weighted by atomic mass is 10.1. The second kappa shape index (κ2) is 26.1. The van der Waals surface area contributed by atoms with Crippen LogP contribution in [0.25, 0.3) is 10.9 Å². The van der Waals surface area contributed by atoms with Crippen LogP contribution in [0.3, 0.4) is 0 Å². The Hall–Kier alpha value is -3.68. The van der Waals surface area contributed by atoms with Gasteiger partial charge >= 0.3 is 5.97 Å². The SMILES string of the molecule is CCCCCCCCCCCCCCOC(=O)c1ccc(OC)c(NC(=O)Cc2nc3ccccc3c(=O)n2CCCCCCCCCCCC)c1. The van der Waals surface area contributed by atoms with Crippen LogP contribution in [0.1, 0.15) is 171 Å². The Morgan fingerprint density at radius 1 is 0.692 bits per heavy atom. The van der Waals surface area contributed by atoms with Crippen molar-refractivity contribution in [2.24, 2.45) is 0 Å². The summed E-state index contributed by atoms with van der Waals surface area (Å²) in [5, 5.41) is 3.45. The van der Waals surface area contributed by atoms with Crippen molar-refractivity contribution in [3.63, 3.8) is 0 Å². The number of nitrogens with one attached hydrogen (secondary N) is 1. The minimum Gasteiger partial charge on any atom is -0.495 e. The predicted octanol–water partition coefficient (Wildman–Crippen LogP) is 11.4. The van der Waals surface area contributed by atoms with Crippen molar-refractivity contribution in [1.29, 1.82) is 0 Å². The van der Waals surface area contributed by atoms with Gasteiger partial charge in [0.1, 0.15) is 11.6 Å². The van der Waals surface area contributed by atoms with Crippen molar-refractivity contribution in [2.45, 2.75) is 168 Å². The summed E-state index contributed by atoms with van der Waals surface area (Å²) in [7, 11) is 1.52. The number of ether oxygens (including phenoxy) is 2. The van der Waals surface area contributed by atoms with Gasteiger partial charge in [-0.05, 0) is 43.2 Å². The lowest BCUT2D eigenvalue weighted by Gasteiger charge is -2.15. The van der Waals surface area contributed by atoms with Crippen LogP contribution < -0.4 is 15.6 Å². The molecule has 0 radical (unpaired) electrons. The lowest BCUT2D eigenvalue weighted by Crippen LogP contribution is -2.28. The normalized spacial score (nSPS) is 11.2. The summed E-state index contributed by atoms with van der Waals surface area (Å²) in [5.74, 6) is 0.0798. The summed E-state index contributed by atoms with van der Waals surface area (Å²) in [6, 6.07) is 12.2. The summed E-state index contributed by atoms with van der Waals surface area (Å²) in [6.45, 7) is 5.38. The highest BCUT2D eigenvalue weighted by molar-refractivity contribution is 5.96. The zero-order valence-corrected chi connectivity index (χ0v) is 32.7. The van der Waals surface area contributed by atoms with E-state index >= 15 is 0 Å². The van der Waals surface area contributed by atoms with Gasteiger partial charge < -0.3 is 14.8 Å². The Kier molecular flexibility index (Phi) is 21.5. The molecule has 1 amide bonds. The molecule has 0 saturated heterocycles. The van der Waals surface area contributed by atoms with E-state index in [2.05, 4.69) is 19.2 Å². The molecule has 0 atom stereocenters. The highest BCUT2D eigenvalue weighted by Gasteiger charge is 2.17. The molecule has 288 valence electrons. The van der Waals surface area contributed by atoms with Crippen molar-refractivity contribution < 1.29 is 19.1 Å². The minimum atomic E-state index is -0.428. The maximum absolute atomic E-state index is 13.6. The number of aromatic nitrogens is 2.